The molecule has 0 bridgehead atoms. The molecule has 0 radical (unpaired) electrons. The van der Waals surface area contributed by atoms with Gasteiger partial charge in [0.15, 0.2) is 6.61 Å². The van der Waals surface area contributed by atoms with Crippen molar-refractivity contribution in [1.29, 1.82) is 0 Å². The average Bonchev–Trinajstić information content (AvgIpc) is 2.33. The van der Waals surface area contributed by atoms with Crippen LogP contribution in [0.4, 0.5) is 0 Å². The fraction of sp³-hybridized carbons (Fsp3) is 0.250. The van der Waals surface area contributed by atoms with Crippen LogP contribution in [-0.2, 0) is 20.8 Å². The predicted octanol–water partition coefficient (Wildman–Crippen LogP) is -0.140. The lowest BCUT2D eigenvalue weighted by atomic mass is 10.1. The summed E-state index contributed by atoms with van der Waals surface area (Å²) in [5.74, 6) is -1.46. The molecule has 1 aromatic rings. The summed E-state index contributed by atoms with van der Waals surface area (Å²) in [7, 11) is 0. The van der Waals surface area contributed by atoms with Crippen LogP contribution in [0.1, 0.15) is 12.5 Å². The Kier molecular flexibility index (Phi) is 5.34. The van der Waals surface area contributed by atoms with Crippen LogP contribution in [0.2, 0.25) is 0 Å². The summed E-state index contributed by atoms with van der Waals surface area (Å²) >= 11 is 0. The molecule has 0 aliphatic carbocycles. The molecule has 0 atom stereocenters. The van der Waals surface area contributed by atoms with Crippen LogP contribution in [0.5, 0.6) is 5.75 Å². The van der Waals surface area contributed by atoms with E-state index in [0.717, 1.165) is 0 Å². The van der Waals surface area contributed by atoms with Crippen molar-refractivity contribution in [2.75, 3.05) is 6.61 Å². The molecule has 3 N–H and O–H groups in total. The van der Waals surface area contributed by atoms with E-state index < -0.39 is 17.8 Å². The number of carbonyl (C=O) groups is 3. The molecule has 1 aromatic carbocycles. The maximum absolute atomic E-state index is 11.2. The largest absolute Gasteiger partial charge is 0.484 e. The first-order valence-corrected chi connectivity index (χ1v) is 5.46. The molecule has 7 heteroatoms. The van der Waals surface area contributed by atoms with Crippen molar-refractivity contribution in [3.8, 4) is 5.75 Å². The number of benzene rings is 1. The lowest BCUT2D eigenvalue weighted by molar-refractivity contribution is -0.136. The Bertz CT molecular complexity index is 487. The Morgan fingerprint density at radius 2 is 2.00 bits per heavy atom. The number of hydrogen-bond donors (Lipinski definition) is 3. The van der Waals surface area contributed by atoms with Gasteiger partial charge in [-0.1, -0.05) is 12.1 Å². The molecule has 0 heterocycles. The second-order valence-corrected chi connectivity index (χ2v) is 3.74. The Morgan fingerprint density at radius 1 is 1.26 bits per heavy atom. The van der Waals surface area contributed by atoms with Crippen molar-refractivity contribution >= 4 is 17.8 Å². The zero-order chi connectivity index (χ0) is 14.3. The summed E-state index contributed by atoms with van der Waals surface area (Å²) in [6.07, 6.45) is -0.116. The van der Waals surface area contributed by atoms with Gasteiger partial charge in [0.25, 0.3) is 5.91 Å². The van der Waals surface area contributed by atoms with Crippen molar-refractivity contribution in [2.45, 2.75) is 13.3 Å². The second kappa shape index (κ2) is 7.00. The van der Waals surface area contributed by atoms with Gasteiger partial charge >= 0.3 is 5.97 Å². The molecule has 0 aliphatic rings. The van der Waals surface area contributed by atoms with Gasteiger partial charge in [-0.15, -0.1) is 0 Å². The predicted molar refractivity (Wildman–Crippen MR) is 65.2 cm³/mol. The van der Waals surface area contributed by atoms with Crippen molar-refractivity contribution in [3.05, 3.63) is 29.8 Å². The molecule has 19 heavy (non-hydrogen) atoms. The van der Waals surface area contributed by atoms with Gasteiger partial charge in [0, 0.05) is 6.92 Å². The van der Waals surface area contributed by atoms with Gasteiger partial charge in [-0.25, -0.2) is 0 Å². The zero-order valence-electron chi connectivity index (χ0n) is 10.3. The van der Waals surface area contributed by atoms with Crippen molar-refractivity contribution in [1.82, 2.24) is 10.9 Å². The average molecular weight is 266 g/mol. The molecule has 1 rings (SSSR count). The summed E-state index contributed by atoms with van der Waals surface area (Å²) in [6.45, 7) is 0.979. The lowest BCUT2D eigenvalue weighted by Gasteiger charge is -2.08. The van der Waals surface area contributed by atoms with Gasteiger partial charge in [-0.05, 0) is 17.7 Å². The highest BCUT2D eigenvalue weighted by atomic mass is 16.5. The minimum Gasteiger partial charge on any atom is -0.484 e. The molecule has 0 aliphatic heterocycles. The number of aliphatic carboxylic acids is 1. The molecule has 7 nitrogen and oxygen atoms in total. The van der Waals surface area contributed by atoms with Crippen LogP contribution in [0.15, 0.2) is 24.3 Å². The molecule has 0 saturated heterocycles. The van der Waals surface area contributed by atoms with E-state index in [2.05, 4.69) is 10.9 Å². The number of amides is 2. The van der Waals surface area contributed by atoms with Gasteiger partial charge in [0.1, 0.15) is 5.75 Å². The molecule has 0 fully saturated rings. The third-order valence-electron chi connectivity index (χ3n) is 2.00. The van der Waals surface area contributed by atoms with Crippen molar-refractivity contribution < 1.29 is 24.2 Å². The number of rotatable bonds is 5. The fourth-order valence-corrected chi connectivity index (χ4v) is 1.26. The Labute approximate surface area is 109 Å². The number of carboxylic acids is 1. The molecule has 0 saturated carbocycles. The first kappa shape index (κ1) is 14.5. The molecule has 0 unspecified atom stereocenters. The van der Waals surface area contributed by atoms with E-state index in [-0.39, 0.29) is 13.0 Å². The normalized spacial score (nSPS) is 9.53. The van der Waals surface area contributed by atoms with E-state index in [1.54, 1.807) is 24.3 Å². The maximum atomic E-state index is 11.2. The highest BCUT2D eigenvalue weighted by Crippen LogP contribution is 2.13. The van der Waals surface area contributed by atoms with E-state index in [1.165, 1.54) is 6.92 Å². The van der Waals surface area contributed by atoms with E-state index in [0.29, 0.717) is 11.3 Å². The van der Waals surface area contributed by atoms with Crippen LogP contribution in [0, 0.1) is 0 Å². The molecule has 0 spiro atoms. The standard InChI is InChI=1S/C12H14N2O5/c1-8(15)13-14-11(16)7-19-10-4-2-3-9(5-10)6-12(17)18/h2-5H,6-7H2,1H3,(H,13,15)(H,14,16)(H,17,18). The Hall–Kier alpha value is -2.57. The SMILES string of the molecule is CC(=O)NNC(=O)COc1cccc(CC(=O)O)c1. The second-order valence-electron chi connectivity index (χ2n) is 3.74. The smallest absolute Gasteiger partial charge is 0.307 e. The minimum absolute atomic E-state index is 0.116. The van der Waals surface area contributed by atoms with Crippen molar-refractivity contribution in [3.63, 3.8) is 0 Å². The van der Waals surface area contributed by atoms with Crippen LogP contribution in [0.25, 0.3) is 0 Å². The third-order valence-corrected chi connectivity index (χ3v) is 2.00. The van der Waals surface area contributed by atoms with Crippen LogP contribution < -0.4 is 15.6 Å². The number of ether oxygens (including phenoxy) is 1. The Morgan fingerprint density at radius 3 is 2.63 bits per heavy atom. The zero-order valence-corrected chi connectivity index (χ0v) is 10.3. The topological polar surface area (TPSA) is 105 Å². The Balaban J connectivity index is 2.46. The quantitative estimate of drug-likeness (QED) is 0.643. The van der Waals surface area contributed by atoms with E-state index in [4.69, 9.17) is 9.84 Å². The third kappa shape index (κ3) is 6.06. The maximum Gasteiger partial charge on any atom is 0.307 e. The monoisotopic (exact) mass is 266 g/mol. The van der Waals surface area contributed by atoms with E-state index in [9.17, 15) is 14.4 Å². The number of carbonyl (C=O) groups excluding carboxylic acids is 2. The number of nitrogens with one attached hydrogen (secondary N) is 2. The van der Waals surface area contributed by atoms with Gasteiger partial charge in [0.2, 0.25) is 5.91 Å². The summed E-state index contributed by atoms with van der Waals surface area (Å²) in [5, 5.41) is 8.65. The fourth-order valence-electron chi connectivity index (χ4n) is 1.26. The van der Waals surface area contributed by atoms with Gasteiger partial charge < -0.3 is 9.84 Å². The molecule has 2 amide bonds. The number of hydrogen-bond acceptors (Lipinski definition) is 4. The number of carboxylic acid groups (broad SMARTS) is 1. The van der Waals surface area contributed by atoms with Crippen LogP contribution in [-0.4, -0.2) is 29.5 Å². The van der Waals surface area contributed by atoms with E-state index >= 15 is 0 Å². The van der Waals surface area contributed by atoms with Crippen LogP contribution in [0.3, 0.4) is 0 Å². The highest BCUT2D eigenvalue weighted by molar-refractivity contribution is 5.81. The highest BCUT2D eigenvalue weighted by Gasteiger charge is 2.05. The summed E-state index contributed by atoms with van der Waals surface area (Å²) in [5.41, 5.74) is 4.84. The molecule has 0 aromatic heterocycles. The first-order valence-electron chi connectivity index (χ1n) is 5.46. The summed E-state index contributed by atoms with van der Waals surface area (Å²) in [6, 6.07) is 6.44. The number of hydrazine groups is 1. The summed E-state index contributed by atoms with van der Waals surface area (Å²) in [4.78, 5) is 32.3. The molecular formula is C12H14N2O5. The summed E-state index contributed by atoms with van der Waals surface area (Å²) < 4.78 is 5.17. The van der Waals surface area contributed by atoms with Gasteiger partial charge in [-0.2, -0.15) is 0 Å². The lowest BCUT2D eigenvalue weighted by Crippen LogP contribution is -2.42. The van der Waals surface area contributed by atoms with E-state index in [1.807, 2.05) is 0 Å². The van der Waals surface area contributed by atoms with Gasteiger partial charge in [0.05, 0.1) is 6.42 Å². The van der Waals surface area contributed by atoms with Crippen LogP contribution >= 0.6 is 0 Å². The minimum atomic E-state index is -0.944. The first-order chi connectivity index (χ1) is 8.97. The van der Waals surface area contributed by atoms with Gasteiger partial charge in [-0.3, -0.25) is 25.2 Å². The molecular weight excluding hydrogens is 252 g/mol. The molecule has 102 valence electrons. The van der Waals surface area contributed by atoms with Crippen molar-refractivity contribution in [2.24, 2.45) is 0 Å².